The number of β-amino-alcohol motifs (C(OH)–C–C–N with tert-alkyl or cyclic N) is 1. The molecular weight excluding hydrogens is 570 g/mol. The Morgan fingerprint density at radius 2 is 1.85 bits per heavy atom. The summed E-state index contributed by atoms with van der Waals surface area (Å²) in [7, 11) is 0. The average Bonchev–Trinajstić information content (AvgIpc) is 2.83. The van der Waals surface area contributed by atoms with Crippen LogP contribution in [0.25, 0.3) is 0 Å². The van der Waals surface area contributed by atoms with Crippen LogP contribution in [0.1, 0.15) is 66.6 Å². The second-order valence-electron chi connectivity index (χ2n) is 10.7. The van der Waals surface area contributed by atoms with Gasteiger partial charge in [0.2, 0.25) is 0 Å². The number of carbonyl (C=O) groups is 3. The van der Waals surface area contributed by atoms with Gasteiger partial charge in [0.1, 0.15) is 17.3 Å². The van der Waals surface area contributed by atoms with E-state index in [9.17, 15) is 34.8 Å². The maximum atomic E-state index is 12.9. The number of benzene rings is 2. The first kappa shape index (κ1) is 30.1. The van der Waals surface area contributed by atoms with Crippen molar-refractivity contribution >= 4 is 39.4 Å². The molecule has 6 N–H and O–H groups in total. The van der Waals surface area contributed by atoms with E-state index in [4.69, 9.17) is 0 Å². The van der Waals surface area contributed by atoms with E-state index in [0.717, 1.165) is 0 Å². The fourth-order valence-electron chi connectivity index (χ4n) is 4.42. The fraction of sp³-hybridized carbons (Fsp3) is 0.429. The number of aliphatic hydroxyl groups is 1. The molecule has 0 saturated heterocycles. The lowest BCUT2D eigenvalue weighted by molar-refractivity contribution is -0.137. The third-order valence-corrected chi connectivity index (χ3v) is 6.80. The molecule has 1 aliphatic heterocycles. The molecule has 1 aliphatic rings. The van der Waals surface area contributed by atoms with E-state index in [1.165, 1.54) is 12.1 Å². The zero-order valence-electron chi connectivity index (χ0n) is 22.1. The number of aromatic hydroxyl groups is 2. The number of carboxylic acid groups (broad SMARTS) is 1. The molecule has 0 bridgehead atoms. The monoisotopic (exact) mass is 603 g/mol. The number of nitrogens with one attached hydrogen (secondary N) is 2. The number of aliphatic imine (C=N–C) groups is 1. The van der Waals surface area contributed by atoms with Gasteiger partial charge in [0.05, 0.1) is 25.6 Å². The van der Waals surface area contributed by atoms with Crippen molar-refractivity contribution < 1.29 is 34.8 Å². The molecule has 1 unspecified atom stereocenters. The van der Waals surface area contributed by atoms with Crippen LogP contribution in [-0.2, 0) is 21.4 Å². The predicted molar refractivity (Wildman–Crippen MR) is 150 cm³/mol. The summed E-state index contributed by atoms with van der Waals surface area (Å²) in [5.74, 6) is -2.46. The van der Waals surface area contributed by atoms with Crippen molar-refractivity contribution in [2.45, 2.75) is 57.5 Å². The van der Waals surface area contributed by atoms with Gasteiger partial charge in [0, 0.05) is 40.9 Å². The minimum absolute atomic E-state index is 0.0485. The molecule has 2 aromatic carbocycles. The van der Waals surface area contributed by atoms with Gasteiger partial charge < -0.3 is 31.1 Å². The van der Waals surface area contributed by atoms with Gasteiger partial charge in [-0.2, -0.15) is 0 Å². The minimum atomic E-state index is -1.12. The van der Waals surface area contributed by atoms with Crippen LogP contribution in [0.5, 0.6) is 11.5 Å². The first-order valence-electron chi connectivity index (χ1n) is 12.6. The molecule has 210 valence electrons. The van der Waals surface area contributed by atoms with Gasteiger partial charge in [-0.25, -0.2) is 0 Å². The fourth-order valence-corrected chi connectivity index (χ4v) is 4.90. The second-order valence-corrected chi connectivity index (χ2v) is 11.7. The number of amidine groups is 1. The number of aliphatic carboxylic acids is 1. The Hall–Kier alpha value is -3.44. The Morgan fingerprint density at radius 3 is 2.46 bits per heavy atom. The molecule has 0 radical (unpaired) electrons. The number of amides is 1. The molecule has 0 fully saturated rings. The van der Waals surface area contributed by atoms with Crippen molar-refractivity contribution in [3.05, 3.63) is 57.1 Å². The van der Waals surface area contributed by atoms with E-state index in [-0.39, 0.29) is 43.0 Å². The van der Waals surface area contributed by atoms with Crippen molar-refractivity contribution in [1.29, 1.82) is 0 Å². The Balaban J connectivity index is 1.71. The van der Waals surface area contributed by atoms with Crippen LogP contribution in [0, 0.1) is 0 Å². The van der Waals surface area contributed by atoms with Gasteiger partial charge in [-0.05, 0) is 46.9 Å². The normalized spacial score (nSPS) is 16.1. The molecule has 11 heteroatoms. The first-order chi connectivity index (χ1) is 18.2. The number of phenolic OH excluding ortho intramolecular Hbond substituents is 2. The summed E-state index contributed by atoms with van der Waals surface area (Å²) >= 11 is 3.42. The zero-order valence-corrected chi connectivity index (χ0v) is 23.7. The van der Waals surface area contributed by atoms with Crippen molar-refractivity contribution in [2.75, 3.05) is 19.6 Å². The van der Waals surface area contributed by atoms with Crippen LogP contribution >= 0.6 is 15.9 Å². The number of hydrogen-bond acceptors (Lipinski definition) is 8. The lowest BCUT2D eigenvalue weighted by atomic mass is 9.81. The highest BCUT2D eigenvalue weighted by Crippen LogP contribution is 2.41. The number of carboxylic acids is 1. The largest absolute Gasteiger partial charge is 0.508 e. The van der Waals surface area contributed by atoms with E-state index in [0.29, 0.717) is 40.0 Å². The summed E-state index contributed by atoms with van der Waals surface area (Å²) in [5, 5.41) is 45.6. The maximum absolute atomic E-state index is 12.9. The molecule has 10 nitrogen and oxygen atoms in total. The molecule has 0 aromatic heterocycles. The highest BCUT2D eigenvalue weighted by Gasteiger charge is 2.27. The van der Waals surface area contributed by atoms with Crippen LogP contribution in [0.15, 0.2) is 39.8 Å². The lowest BCUT2D eigenvalue weighted by Gasteiger charge is -2.25. The molecular formula is C28H34BrN3O7. The summed E-state index contributed by atoms with van der Waals surface area (Å²) in [6, 6.07) is 7.75. The van der Waals surface area contributed by atoms with Gasteiger partial charge in [-0.1, -0.05) is 36.7 Å². The van der Waals surface area contributed by atoms with Crippen molar-refractivity contribution in [2.24, 2.45) is 4.99 Å². The third-order valence-electron chi connectivity index (χ3n) is 6.34. The van der Waals surface area contributed by atoms with Gasteiger partial charge in [-0.15, -0.1) is 0 Å². The van der Waals surface area contributed by atoms with Gasteiger partial charge in [0.15, 0.2) is 5.78 Å². The van der Waals surface area contributed by atoms with E-state index in [1.807, 2.05) is 20.8 Å². The number of carbonyl (C=O) groups excluding carboxylic acids is 2. The Morgan fingerprint density at radius 1 is 1.13 bits per heavy atom. The van der Waals surface area contributed by atoms with Crippen LogP contribution in [0.4, 0.5) is 0 Å². The van der Waals surface area contributed by atoms with Crippen LogP contribution < -0.4 is 10.6 Å². The van der Waals surface area contributed by atoms with Crippen molar-refractivity contribution in [1.82, 2.24) is 10.6 Å². The summed E-state index contributed by atoms with van der Waals surface area (Å²) in [5.41, 5.74) is 1.32. The summed E-state index contributed by atoms with van der Waals surface area (Å²) < 4.78 is 0.654. The smallest absolute Gasteiger partial charge is 0.303 e. The summed E-state index contributed by atoms with van der Waals surface area (Å²) in [6.07, 6.45) is -0.815. The number of hydrogen-bond donors (Lipinski definition) is 6. The summed E-state index contributed by atoms with van der Waals surface area (Å²) in [6.45, 7) is 6.04. The van der Waals surface area contributed by atoms with Crippen LogP contribution in [0.2, 0.25) is 0 Å². The van der Waals surface area contributed by atoms with Gasteiger partial charge in [-0.3, -0.25) is 19.4 Å². The number of aliphatic hydroxyl groups excluding tert-OH is 1. The number of rotatable bonds is 10. The summed E-state index contributed by atoms with van der Waals surface area (Å²) in [4.78, 5) is 41.5. The SMILES string of the molecule is CC(C)(C)c1cc(Br)cc([C@H](CC(=O)O)CC(=O)CNC(=O)c2cc(O)cc(CC3=NCC(O)CN3)c2)c1O. The van der Waals surface area contributed by atoms with E-state index in [2.05, 4.69) is 31.6 Å². The van der Waals surface area contributed by atoms with Crippen LogP contribution in [0.3, 0.4) is 0 Å². The standard InChI is InChI=1S/C28H34BrN3O7/c1-28(2,3)23-11-18(29)10-22(26(23)38)16(9-25(36)37)7-20(34)12-32-27(39)17-4-15(5-19(33)8-17)6-24-30-13-21(35)14-31-24/h4-5,8,10-11,16,21,33,35,38H,6-7,9,12-14H2,1-3H3,(H,30,31)(H,32,39)(H,36,37)/t16-/m0/s1. The van der Waals surface area contributed by atoms with Crippen molar-refractivity contribution in [3.8, 4) is 11.5 Å². The predicted octanol–water partition coefficient (Wildman–Crippen LogP) is 3.01. The van der Waals surface area contributed by atoms with E-state index < -0.39 is 35.1 Å². The maximum Gasteiger partial charge on any atom is 0.303 e. The number of halogens is 1. The number of ketones is 1. The highest BCUT2D eigenvalue weighted by atomic mass is 79.9. The molecule has 0 spiro atoms. The number of Topliss-reactive ketones (excluding diaryl/α,β-unsaturated/α-hetero) is 1. The lowest BCUT2D eigenvalue weighted by Crippen LogP contribution is -2.39. The molecule has 1 amide bonds. The first-order valence-corrected chi connectivity index (χ1v) is 13.3. The van der Waals surface area contributed by atoms with E-state index >= 15 is 0 Å². The molecule has 3 rings (SSSR count). The number of nitrogens with zero attached hydrogens (tertiary/aromatic N) is 1. The second kappa shape index (κ2) is 12.6. The molecule has 1 heterocycles. The quantitative estimate of drug-likeness (QED) is 0.241. The number of phenols is 2. The molecule has 0 saturated carbocycles. The van der Waals surface area contributed by atoms with Gasteiger partial charge >= 0.3 is 5.97 Å². The Kier molecular flexibility index (Phi) is 9.73. The molecule has 2 aromatic rings. The zero-order chi connectivity index (χ0) is 28.9. The van der Waals surface area contributed by atoms with Crippen molar-refractivity contribution in [3.63, 3.8) is 0 Å². The Labute approximate surface area is 235 Å². The Bertz CT molecular complexity index is 1290. The molecule has 0 aliphatic carbocycles. The average molecular weight is 604 g/mol. The van der Waals surface area contributed by atoms with E-state index in [1.54, 1.807) is 18.2 Å². The molecule has 39 heavy (non-hydrogen) atoms. The minimum Gasteiger partial charge on any atom is -0.508 e. The highest BCUT2D eigenvalue weighted by molar-refractivity contribution is 9.10. The topological polar surface area (TPSA) is 169 Å². The third kappa shape index (κ3) is 8.52. The molecule has 2 atom stereocenters. The van der Waals surface area contributed by atoms with Gasteiger partial charge in [0.25, 0.3) is 5.91 Å². The van der Waals surface area contributed by atoms with Crippen LogP contribution in [-0.4, -0.2) is 69.7 Å².